The van der Waals surface area contributed by atoms with Crippen LogP contribution in [0.15, 0.2) is 48.5 Å². The van der Waals surface area contributed by atoms with Crippen LogP contribution >= 0.6 is 0 Å². The molecule has 6 amide bonds. The summed E-state index contributed by atoms with van der Waals surface area (Å²) in [6, 6.07) is 8.70. The minimum atomic E-state index is -1.73. The van der Waals surface area contributed by atoms with Gasteiger partial charge in [-0.15, -0.1) is 0 Å². The van der Waals surface area contributed by atoms with E-state index < -0.39 is 102 Å². The molecular weight excluding hydrogens is 801 g/mol. The third kappa shape index (κ3) is 14.0. The molecular formula is C45H62N6O11. The highest BCUT2D eigenvalue weighted by molar-refractivity contribution is 5.97. The molecule has 62 heavy (non-hydrogen) atoms. The summed E-state index contributed by atoms with van der Waals surface area (Å²) in [7, 11) is 0. The molecule has 17 nitrogen and oxygen atoms in total. The highest BCUT2D eigenvalue weighted by Gasteiger charge is 2.37. The Hall–Kier alpha value is -6.00. The molecule has 2 aromatic carbocycles. The van der Waals surface area contributed by atoms with Crippen LogP contribution in [0, 0.1) is 11.8 Å². The van der Waals surface area contributed by atoms with E-state index in [1.165, 1.54) is 0 Å². The van der Waals surface area contributed by atoms with Crippen molar-refractivity contribution in [1.29, 1.82) is 0 Å². The molecule has 1 saturated heterocycles. The molecule has 2 aromatic rings. The number of alkyl carbamates (subject to hydrolysis) is 1. The molecule has 2 aliphatic rings. The highest BCUT2D eigenvalue weighted by Crippen LogP contribution is 2.44. The Morgan fingerprint density at radius 2 is 1.40 bits per heavy atom. The number of hydrogen-bond acceptors (Lipinski definition) is 10. The third-order valence-corrected chi connectivity index (χ3v) is 10.8. The standard InChI is InChI=1S/C45H62N6O11/c1-8-26(4)38-42(57)48-33(21-25(2)3)40(55)47-34(23-37(53)62-45(5,6)7)41(56)49-35(43(58)59)22-36(52)46-20-14-13-19-32(39(54)51-38)50-44(60)61-24-31-29-17-11-9-15-27(29)28-16-10-12-18-30(28)31/h9-12,15-18,25-26,31-35,38H,8,13-14,19-24H2,1-7H3,(H,46,52)(H,47,55)(H,48,57)(H,49,56)(H,50,60)(H,51,54)(H,58,59)/t26-,32-,33-,34-,35-,38-/m0/s1. The van der Waals surface area contributed by atoms with Crippen molar-refractivity contribution >= 4 is 47.6 Å². The van der Waals surface area contributed by atoms with E-state index in [0.29, 0.717) is 19.3 Å². The van der Waals surface area contributed by atoms with E-state index >= 15 is 0 Å². The summed E-state index contributed by atoms with van der Waals surface area (Å²) in [4.78, 5) is 107. The van der Waals surface area contributed by atoms with Crippen molar-refractivity contribution in [3.63, 3.8) is 0 Å². The number of esters is 1. The molecule has 0 saturated carbocycles. The molecule has 1 aliphatic heterocycles. The van der Waals surface area contributed by atoms with Crippen LogP contribution in [0.3, 0.4) is 0 Å². The first-order valence-corrected chi connectivity index (χ1v) is 21.3. The highest BCUT2D eigenvalue weighted by atomic mass is 16.6. The first-order valence-electron chi connectivity index (χ1n) is 21.3. The number of hydrogen-bond donors (Lipinski definition) is 7. The Kier molecular flexibility index (Phi) is 17.4. The van der Waals surface area contributed by atoms with Gasteiger partial charge in [0.25, 0.3) is 0 Å². The smallest absolute Gasteiger partial charge is 0.407 e. The quantitative estimate of drug-likeness (QED) is 0.171. The van der Waals surface area contributed by atoms with Gasteiger partial charge in [0.2, 0.25) is 29.5 Å². The molecule has 338 valence electrons. The number of benzene rings is 2. The molecule has 0 aromatic heterocycles. The van der Waals surface area contributed by atoms with Crippen molar-refractivity contribution in [1.82, 2.24) is 31.9 Å². The fraction of sp³-hybridized carbons (Fsp3) is 0.556. The zero-order valence-electron chi connectivity index (χ0n) is 36.6. The minimum Gasteiger partial charge on any atom is -0.480 e. The number of carbonyl (C=O) groups is 8. The Labute approximate surface area is 362 Å². The molecule has 1 heterocycles. The number of aliphatic carboxylic acids is 1. The lowest BCUT2D eigenvalue weighted by atomic mass is 9.96. The van der Waals surface area contributed by atoms with Gasteiger partial charge in [0, 0.05) is 12.5 Å². The second-order valence-electron chi connectivity index (χ2n) is 17.4. The summed E-state index contributed by atoms with van der Waals surface area (Å²) < 4.78 is 11.1. The maximum atomic E-state index is 14.1. The predicted molar refractivity (Wildman–Crippen MR) is 228 cm³/mol. The van der Waals surface area contributed by atoms with E-state index in [1.807, 2.05) is 55.5 Å². The lowest BCUT2D eigenvalue weighted by molar-refractivity contribution is -0.157. The number of ether oxygens (including phenoxy) is 2. The van der Waals surface area contributed by atoms with Crippen LogP contribution < -0.4 is 31.9 Å². The lowest BCUT2D eigenvalue weighted by Crippen LogP contribution is -2.60. The fourth-order valence-corrected chi connectivity index (χ4v) is 7.43. The van der Waals surface area contributed by atoms with Crippen LogP contribution in [0.4, 0.5) is 4.79 Å². The van der Waals surface area contributed by atoms with Crippen LogP contribution in [0.5, 0.6) is 0 Å². The van der Waals surface area contributed by atoms with Crippen molar-refractivity contribution < 1.29 is 52.9 Å². The minimum absolute atomic E-state index is 0.00609. The summed E-state index contributed by atoms with van der Waals surface area (Å²) in [6.07, 6.45) is -1.03. The maximum absolute atomic E-state index is 14.1. The molecule has 0 unspecified atom stereocenters. The molecule has 17 heteroatoms. The number of amides is 6. The van der Waals surface area contributed by atoms with Gasteiger partial charge >= 0.3 is 18.0 Å². The van der Waals surface area contributed by atoms with E-state index in [-0.39, 0.29) is 37.8 Å². The van der Waals surface area contributed by atoms with Gasteiger partial charge in [-0.2, -0.15) is 0 Å². The predicted octanol–water partition coefficient (Wildman–Crippen LogP) is 3.43. The van der Waals surface area contributed by atoms with E-state index in [0.717, 1.165) is 22.3 Å². The monoisotopic (exact) mass is 862 g/mol. The van der Waals surface area contributed by atoms with Crippen LogP contribution in [0.1, 0.15) is 110 Å². The van der Waals surface area contributed by atoms with Gasteiger partial charge in [0.15, 0.2) is 0 Å². The Morgan fingerprint density at radius 1 is 0.806 bits per heavy atom. The van der Waals surface area contributed by atoms with Crippen LogP contribution in [-0.4, -0.2) is 102 Å². The number of carbonyl (C=O) groups excluding carboxylic acids is 7. The maximum Gasteiger partial charge on any atom is 0.407 e. The van der Waals surface area contributed by atoms with E-state index in [9.17, 15) is 43.5 Å². The fourth-order valence-electron chi connectivity index (χ4n) is 7.43. The topological polar surface area (TPSA) is 247 Å². The first kappa shape index (κ1) is 48.7. The molecule has 1 aliphatic carbocycles. The summed E-state index contributed by atoms with van der Waals surface area (Å²) in [5.41, 5.74) is 3.15. The van der Waals surface area contributed by atoms with Crippen LogP contribution in [-0.2, 0) is 43.0 Å². The average Bonchev–Trinajstić information content (AvgIpc) is 3.52. The van der Waals surface area contributed by atoms with Crippen molar-refractivity contribution in [2.24, 2.45) is 11.8 Å². The van der Waals surface area contributed by atoms with Gasteiger partial charge < -0.3 is 46.5 Å². The van der Waals surface area contributed by atoms with Gasteiger partial charge in [0.1, 0.15) is 42.4 Å². The second kappa shape index (κ2) is 22.2. The van der Waals surface area contributed by atoms with Crippen LogP contribution in [0.25, 0.3) is 11.1 Å². The average molecular weight is 863 g/mol. The van der Waals surface area contributed by atoms with Gasteiger partial charge in [-0.1, -0.05) is 82.6 Å². The van der Waals surface area contributed by atoms with Gasteiger partial charge in [-0.25, -0.2) is 9.59 Å². The summed E-state index contributed by atoms with van der Waals surface area (Å²) in [6.45, 7) is 12.1. The summed E-state index contributed by atoms with van der Waals surface area (Å²) in [5, 5.41) is 25.5. The van der Waals surface area contributed by atoms with Gasteiger partial charge in [-0.05, 0) is 80.5 Å². The summed E-state index contributed by atoms with van der Waals surface area (Å²) in [5.74, 6) is -7.29. The number of carboxylic acids is 1. The zero-order chi connectivity index (χ0) is 45.7. The zero-order valence-corrected chi connectivity index (χ0v) is 36.6. The number of rotatable bonds is 10. The van der Waals surface area contributed by atoms with E-state index in [2.05, 4.69) is 31.9 Å². The number of fused-ring (bicyclic) bond motifs is 3. The Morgan fingerprint density at radius 3 is 1.98 bits per heavy atom. The molecule has 4 rings (SSSR count). The van der Waals surface area contributed by atoms with Gasteiger partial charge in [-0.3, -0.25) is 28.8 Å². The van der Waals surface area contributed by atoms with E-state index in [4.69, 9.17) is 9.47 Å². The van der Waals surface area contributed by atoms with Crippen molar-refractivity contribution in [3.8, 4) is 11.1 Å². The first-order chi connectivity index (χ1) is 29.3. The van der Waals surface area contributed by atoms with Crippen LogP contribution in [0.2, 0.25) is 0 Å². The van der Waals surface area contributed by atoms with Crippen molar-refractivity contribution in [3.05, 3.63) is 59.7 Å². The lowest BCUT2D eigenvalue weighted by Gasteiger charge is -2.30. The molecule has 0 spiro atoms. The number of nitrogens with one attached hydrogen (secondary N) is 6. The second-order valence-corrected chi connectivity index (χ2v) is 17.4. The molecule has 0 radical (unpaired) electrons. The summed E-state index contributed by atoms with van der Waals surface area (Å²) >= 11 is 0. The van der Waals surface area contributed by atoms with E-state index in [1.54, 1.807) is 41.5 Å². The largest absolute Gasteiger partial charge is 0.480 e. The SMILES string of the molecule is CC[C@H](C)[C@@H]1NC(=O)[C@@H](NC(=O)OCC2c3ccccc3-c3ccccc32)CCCCNC(=O)C[C@@H](C(=O)O)NC(=O)[C@H](CC(=O)OC(C)(C)C)NC(=O)[C@H](CC(C)C)NC1=O. The van der Waals surface area contributed by atoms with Crippen molar-refractivity contribution in [2.45, 2.75) is 135 Å². The molecule has 1 fully saturated rings. The number of carboxylic acid groups (broad SMARTS) is 1. The Balaban J connectivity index is 1.60. The molecule has 6 atom stereocenters. The van der Waals surface area contributed by atoms with Crippen molar-refractivity contribution in [2.75, 3.05) is 13.2 Å². The normalized spacial score (nSPS) is 22.6. The third-order valence-electron chi connectivity index (χ3n) is 10.8. The molecule has 0 bridgehead atoms. The van der Waals surface area contributed by atoms with Gasteiger partial charge in [0.05, 0.1) is 12.8 Å². The Bertz CT molecular complexity index is 1920. The molecule has 7 N–H and O–H groups in total.